The second-order valence-corrected chi connectivity index (χ2v) is 8.01. The van der Waals surface area contributed by atoms with Crippen molar-refractivity contribution in [3.05, 3.63) is 35.4 Å². The maximum Gasteiger partial charge on any atom is 0.193 e. The van der Waals surface area contributed by atoms with E-state index in [1.54, 1.807) is 7.11 Å². The molecule has 0 bridgehead atoms. The molecule has 0 spiro atoms. The Labute approximate surface area is 181 Å². The highest BCUT2D eigenvalue weighted by molar-refractivity contribution is 5.79. The van der Waals surface area contributed by atoms with Crippen LogP contribution in [0.4, 0.5) is 0 Å². The van der Waals surface area contributed by atoms with Gasteiger partial charge in [0.15, 0.2) is 5.96 Å². The highest BCUT2D eigenvalue weighted by atomic mass is 16.5. The number of hydrogen-bond donors (Lipinski definition) is 1. The molecule has 7 heteroatoms. The van der Waals surface area contributed by atoms with Crippen LogP contribution in [0.15, 0.2) is 29.3 Å². The van der Waals surface area contributed by atoms with E-state index in [0.717, 1.165) is 90.9 Å². The van der Waals surface area contributed by atoms with Crippen LogP contribution in [0.5, 0.6) is 0 Å². The number of methoxy groups -OCH3 is 1. The third-order valence-electron chi connectivity index (χ3n) is 5.78. The van der Waals surface area contributed by atoms with Crippen molar-refractivity contribution in [3.8, 4) is 0 Å². The molecule has 0 unspecified atom stereocenters. The van der Waals surface area contributed by atoms with Crippen LogP contribution >= 0.6 is 0 Å². The SMILES string of the molecule is CN=C(NCc1ccc(CN2CCOCC2)cc1)N1CCC(OCCCOC)CC1. The summed E-state index contributed by atoms with van der Waals surface area (Å²) in [4.78, 5) is 9.27. The maximum atomic E-state index is 5.96. The third kappa shape index (κ3) is 7.54. The summed E-state index contributed by atoms with van der Waals surface area (Å²) in [6.07, 6.45) is 3.41. The monoisotopic (exact) mass is 418 g/mol. The van der Waals surface area contributed by atoms with Gasteiger partial charge < -0.3 is 24.4 Å². The van der Waals surface area contributed by atoms with Gasteiger partial charge in [-0.05, 0) is 30.4 Å². The van der Waals surface area contributed by atoms with Gasteiger partial charge in [0.2, 0.25) is 0 Å². The summed E-state index contributed by atoms with van der Waals surface area (Å²) in [6.45, 7) is 9.04. The minimum atomic E-state index is 0.357. The summed E-state index contributed by atoms with van der Waals surface area (Å²) in [5.74, 6) is 0.977. The number of ether oxygens (including phenoxy) is 3. The number of benzene rings is 1. The third-order valence-corrected chi connectivity index (χ3v) is 5.78. The molecule has 0 saturated carbocycles. The first-order valence-electron chi connectivity index (χ1n) is 11.2. The summed E-state index contributed by atoms with van der Waals surface area (Å²) < 4.78 is 16.5. The molecule has 2 saturated heterocycles. The van der Waals surface area contributed by atoms with Crippen molar-refractivity contribution in [2.75, 3.05) is 66.8 Å². The van der Waals surface area contributed by atoms with Gasteiger partial charge in [-0.25, -0.2) is 0 Å². The molecule has 1 N–H and O–H groups in total. The van der Waals surface area contributed by atoms with Crippen molar-refractivity contribution in [1.29, 1.82) is 0 Å². The van der Waals surface area contributed by atoms with Crippen LogP contribution in [0.25, 0.3) is 0 Å². The number of guanidine groups is 1. The van der Waals surface area contributed by atoms with Crippen molar-refractivity contribution in [3.63, 3.8) is 0 Å². The Balaban J connectivity index is 1.38. The average Bonchev–Trinajstić information content (AvgIpc) is 2.80. The number of piperidine rings is 1. The number of nitrogens with zero attached hydrogens (tertiary/aromatic N) is 3. The fourth-order valence-electron chi connectivity index (χ4n) is 3.98. The van der Waals surface area contributed by atoms with Crippen LogP contribution in [-0.4, -0.2) is 88.6 Å². The van der Waals surface area contributed by atoms with E-state index in [1.807, 2.05) is 7.05 Å². The normalized spacial score (nSPS) is 19.3. The Morgan fingerprint density at radius 2 is 1.77 bits per heavy atom. The van der Waals surface area contributed by atoms with Gasteiger partial charge in [0, 0.05) is 66.6 Å². The molecule has 0 aromatic heterocycles. The first-order valence-corrected chi connectivity index (χ1v) is 11.2. The topological polar surface area (TPSA) is 58.6 Å². The molecule has 2 heterocycles. The van der Waals surface area contributed by atoms with Crippen LogP contribution in [0.2, 0.25) is 0 Å². The molecule has 1 aromatic rings. The fourth-order valence-corrected chi connectivity index (χ4v) is 3.98. The molecule has 1 aromatic carbocycles. The molecule has 2 aliphatic heterocycles. The molecular formula is C23H38N4O3. The minimum absolute atomic E-state index is 0.357. The van der Waals surface area contributed by atoms with Gasteiger partial charge in [0.1, 0.15) is 0 Å². The number of rotatable bonds is 9. The molecule has 168 valence electrons. The zero-order chi connectivity index (χ0) is 21.0. The number of nitrogens with one attached hydrogen (secondary N) is 1. The molecule has 7 nitrogen and oxygen atoms in total. The molecule has 2 fully saturated rings. The van der Waals surface area contributed by atoms with Crippen molar-refractivity contribution in [2.45, 2.75) is 38.5 Å². The Morgan fingerprint density at radius 1 is 1.07 bits per heavy atom. The predicted octanol–water partition coefficient (Wildman–Crippen LogP) is 2.11. The van der Waals surface area contributed by atoms with Crippen LogP contribution in [0, 0.1) is 0 Å². The summed E-state index contributed by atoms with van der Waals surface area (Å²) in [5.41, 5.74) is 2.64. The van der Waals surface area contributed by atoms with E-state index in [0.29, 0.717) is 6.10 Å². The number of aliphatic imine (C=N–C) groups is 1. The second-order valence-electron chi connectivity index (χ2n) is 8.01. The van der Waals surface area contributed by atoms with Crippen LogP contribution in [-0.2, 0) is 27.3 Å². The molecule has 3 rings (SSSR count). The van der Waals surface area contributed by atoms with Crippen LogP contribution in [0.3, 0.4) is 0 Å². The zero-order valence-corrected chi connectivity index (χ0v) is 18.6. The fraction of sp³-hybridized carbons (Fsp3) is 0.696. The molecule has 0 radical (unpaired) electrons. The summed E-state index contributed by atoms with van der Waals surface area (Å²) >= 11 is 0. The lowest BCUT2D eigenvalue weighted by molar-refractivity contribution is 0.00989. The standard InChI is InChI=1S/C23H38N4O3/c1-24-23(27-10-8-22(9-11-27)30-15-3-14-28-2)25-18-20-4-6-21(7-5-20)19-26-12-16-29-17-13-26/h4-7,22H,3,8-19H2,1-2H3,(H,24,25). The van der Waals surface area contributed by atoms with E-state index in [2.05, 4.69) is 44.4 Å². The zero-order valence-electron chi connectivity index (χ0n) is 18.6. The van der Waals surface area contributed by atoms with Crippen molar-refractivity contribution in [2.24, 2.45) is 4.99 Å². The maximum absolute atomic E-state index is 5.96. The quantitative estimate of drug-likeness (QED) is 0.377. The smallest absolute Gasteiger partial charge is 0.193 e. The van der Waals surface area contributed by atoms with E-state index in [1.165, 1.54) is 11.1 Å². The van der Waals surface area contributed by atoms with Gasteiger partial charge in [0.25, 0.3) is 0 Å². The molecule has 0 aliphatic carbocycles. The lowest BCUT2D eigenvalue weighted by Crippen LogP contribution is -2.46. The Morgan fingerprint density at radius 3 is 2.43 bits per heavy atom. The van der Waals surface area contributed by atoms with Gasteiger partial charge in [-0.1, -0.05) is 24.3 Å². The van der Waals surface area contributed by atoms with E-state index >= 15 is 0 Å². The first-order chi connectivity index (χ1) is 14.8. The lowest BCUT2D eigenvalue weighted by atomic mass is 10.1. The minimum Gasteiger partial charge on any atom is -0.385 e. The second kappa shape index (κ2) is 12.9. The molecule has 0 atom stereocenters. The summed E-state index contributed by atoms with van der Waals surface area (Å²) in [6, 6.07) is 8.91. The van der Waals surface area contributed by atoms with Crippen molar-refractivity contribution in [1.82, 2.24) is 15.1 Å². The lowest BCUT2D eigenvalue weighted by Gasteiger charge is -2.34. The van der Waals surface area contributed by atoms with Gasteiger partial charge in [-0.2, -0.15) is 0 Å². The van der Waals surface area contributed by atoms with Gasteiger partial charge in [0.05, 0.1) is 19.3 Å². The van der Waals surface area contributed by atoms with E-state index in [-0.39, 0.29) is 0 Å². The van der Waals surface area contributed by atoms with Gasteiger partial charge in [-0.3, -0.25) is 9.89 Å². The Kier molecular flexibility index (Phi) is 9.89. The Hall–Kier alpha value is -1.67. The van der Waals surface area contributed by atoms with E-state index in [4.69, 9.17) is 14.2 Å². The van der Waals surface area contributed by atoms with Gasteiger partial charge >= 0.3 is 0 Å². The highest BCUT2D eigenvalue weighted by Gasteiger charge is 2.21. The first kappa shape index (κ1) is 23.0. The number of morpholine rings is 1. The van der Waals surface area contributed by atoms with Crippen molar-refractivity contribution < 1.29 is 14.2 Å². The molecule has 0 amide bonds. The van der Waals surface area contributed by atoms with Crippen LogP contribution in [0.1, 0.15) is 30.4 Å². The summed E-state index contributed by atoms with van der Waals surface area (Å²) in [7, 11) is 3.60. The highest BCUT2D eigenvalue weighted by Crippen LogP contribution is 2.15. The van der Waals surface area contributed by atoms with Crippen LogP contribution < -0.4 is 5.32 Å². The predicted molar refractivity (Wildman–Crippen MR) is 120 cm³/mol. The largest absolute Gasteiger partial charge is 0.385 e. The molecular weight excluding hydrogens is 380 g/mol. The van der Waals surface area contributed by atoms with Crippen molar-refractivity contribution >= 4 is 5.96 Å². The van der Waals surface area contributed by atoms with E-state index < -0.39 is 0 Å². The summed E-state index contributed by atoms with van der Waals surface area (Å²) in [5, 5.41) is 3.52. The number of likely N-dealkylation sites (tertiary alicyclic amines) is 1. The molecule has 30 heavy (non-hydrogen) atoms. The molecule has 2 aliphatic rings. The Bertz CT molecular complexity index is 624. The van der Waals surface area contributed by atoms with E-state index in [9.17, 15) is 0 Å². The van der Waals surface area contributed by atoms with Gasteiger partial charge in [-0.15, -0.1) is 0 Å². The number of hydrogen-bond acceptors (Lipinski definition) is 5. The average molecular weight is 419 g/mol.